The molecule has 17 heavy (non-hydrogen) atoms. The van der Waals surface area contributed by atoms with Crippen LogP contribution in [0.25, 0.3) is 0 Å². The molecule has 1 aliphatic rings. The second-order valence-electron chi connectivity index (χ2n) is 3.85. The summed E-state index contributed by atoms with van der Waals surface area (Å²) in [4.78, 5) is 11.3. The molecule has 100 valence electrons. The van der Waals surface area contributed by atoms with Gasteiger partial charge in [0.2, 0.25) is 5.91 Å². The van der Waals surface area contributed by atoms with Gasteiger partial charge in [0.1, 0.15) is 24.4 Å². The molecule has 1 aliphatic heterocycles. The highest BCUT2D eigenvalue weighted by molar-refractivity contribution is 5.78. The van der Waals surface area contributed by atoms with Crippen molar-refractivity contribution in [3.63, 3.8) is 0 Å². The first-order chi connectivity index (χ1) is 8.01. The van der Waals surface area contributed by atoms with Gasteiger partial charge in [-0.3, -0.25) is 4.79 Å². The number of rotatable bonds is 4. The Bertz CT molecular complexity index is 264. The van der Waals surface area contributed by atoms with E-state index in [1.54, 1.807) is 7.05 Å². The maximum absolute atomic E-state index is 11.3. The van der Waals surface area contributed by atoms with Gasteiger partial charge in [-0.25, -0.2) is 0 Å². The number of hydrogen-bond donors (Lipinski definition) is 6. The molecule has 0 aromatic carbocycles. The molecule has 1 heterocycles. The third kappa shape index (κ3) is 3.35. The Morgan fingerprint density at radius 3 is 2.47 bits per heavy atom. The molecular weight excluding hydrogens is 232 g/mol. The van der Waals surface area contributed by atoms with Gasteiger partial charge in [-0.2, -0.15) is 0 Å². The molecule has 0 bridgehead atoms. The fourth-order valence-electron chi connectivity index (χ4n) is 1.65. The first kappa shape index (κ1) is 14.3. The molecule has 0 saturated carbocycles. The standard InChI is InChI=1S/C9H18N2O6/c1-10-2-5(13)11-6-8(15)7(14)4(3-12)17-9(6)16/h4,6-10,12,14-16H,2-3H2,1H3,(H,11,13)/t4?,6-,7?,8-,9?/m1/s1. The summed E-state index contributed by atoms with van der Waals surface area (Å²) in [5, 5.41) is 42.6. The summed E-state index contributed by atoms with van der Waals surface area (Å²) in [6.07, 6.45) is -5.33. The minimum absolute atomic E-state index is 0.00939. The number of aliphatic hydroxyl groups excluding tert-OH is 4. The summed E-state index contributed by atoms with van der Waals surface area (Å²) in [5.74, 6) is -0.450. The van der Waals surface area contributed by atoms with Crippen LogP contribution in [0.3, 0.4) is 0 Å². The van der Waals surface area contributed by atoms with Crippen molar-refractivity contribution in [2.24, 2.45) is 0 Å². The van der Waals surface area contributed by atoms with E-state index >= 15 is 0 Å². The highest BCUT2D eigenvalue weighted by Gasteiger charge is 2.44. The summed E-state index contributed by atoms with van der Waals surface area (Å²) in [6, 6.07) is -1.13. The number of carbonyl (C=O) groups excluding carboxylic acids is 1. The van der Waals surface area contributed by atoms with Crippen LogP contribution in [-0.4, -0.2) is 77.2 Å². The van der Waals surface area contributed by atoms with E-state index in [2.05, 4.69) is 10.6 Å². The summed E-state index contributed by atoms with van der Waals surface area (Å²) >= 11 is 0. The zero-order chi connectivity index (χ0) is 13.0. The van der Waals surface area contributed by atoms with Gasteiger partial charge in [0.15, 0.2) is 6.29 Å². The van der Waals surface area contributed by atoms with Gasteiger partial charge < -0.3 is 35.8 Å². The third-order valence-corrected chi connectivity index (χ3v) is 2.57. The van der Waals surface area contributed by atoms with E-state index in [1.165, 1.54) is 0 Å². The Morgan fingerprint density at radius 1 is 1.29 bits per heavy atom. The lowest BCUT2D eigenvalue weighted by atomic mass is 9.97. The number of aliphatic hydroxyl groups is 4. The minimum Gasteiger partial charge on any atom is -0.394 e. The van der Waals surface area contributed by atoms with E-state index in [-0.39, 0.29) is 6.54 Å². The largest absolute Gasteiger partial charge is 0.394 e. The molecule has 0 radical (unpaired) electrons. The van der Waals surface area contributed by atoms with Crippen molar-refractivity contribution >= 4 is 5.91 Å². The van der Waals surface area contributed by atoms with Crippen LogP contribution >= 0.6 is 0 Å². The highest BCUT2D eigenvalue weighted by Crippen LogP contribution is 2.19. The average molecular weight is 250 g/mol. The van der Waals surface area contributed by atoms with Crippen molar-refractivity contribution in [3.8, 4) is 0 Å². The van der Waals surface area contributed by atoms with E-state index in [9.17, 15) is 20.1 Å². The molecule has 8 heteroatoms. The summed E-state index contributed by atoms with van der Waals surface area (Å²) in [6.45, 7) is -0.526. The average Bonchev–Trinajstić information content (AvgIpc) is 2.29. The number of amides is 1. The Labute approximate surface area is 98.2 Å². The van der Waals surface area contributed by atoms with Crippen molar-refractivity contribution in [2.45, 2.75) is 30.6 Å². The van der Waals surface area contributed by atoms with Crippen LogP contribution in [0.15, 0.2) is 0 Å². The molecular formula is C9H18N2O6. The zero-order valence-corrected chi connectivity index (χ0v) is 9.41. The summed E-state index contributed by atoms with van der Waals surface area (Å²) < 4.78 is 4.87. The number of nitrogens with one attached hydrogen (secondary N) is 2. The van der Waals surface area contributed by atoms with E-state index < -0.39 is 43.2 Å². The van der Waals surface area contributed by atoms with Crippen molar-refractivity contribution in [1.82, 2.24) is 10.6 Å². The molecule has 0 aromatic heterocycles. The molecule has 1 fully saturated rings. The van der Waals surface area contributed by atoms with E-state index in [1.807, 2.05) is 0 Å². The predicted octanol–water partition coefficient (Wildman–Crippen LogP) is -3.88. The van der Waals surface area contributed by atoms with Crippen LogP contribution in [0, 0.1) is 0 Å². The molecule has 1 rings (SSSR count). The van der Waals surface area contributed by atoms with Crippen LogP contribution < -0.4 is 10.6 Å². The first-order valence-corrected chi connectivity index (χ1v) is 5.25. The molecule has 6 N–H and O–H groups in total. The van der Waals surface area contributed by atoms with Crippen molar-refractivity contribution in [1.29, 1.82) is 0 Å². The second kappa shape index (κ2) is 6.24. The van der Waals surface area contributed by atoms with Gasteiger partial charge in [-0.05, 0) is 7.05 Å². The fraction of sp³-hybridized carbons (Fsp3) is 0.889. The maximum atomic E-state index is 11.3. The number of likely N-dealkylation sites (N-methyl/N-ethyl adjacent to an activating group) is 1. The quantitative estimate of drug-likeness (QED) is 0.301. The van der Waals surface area contributed by atoms with Gasteiger partial charge >= 0.3 is 0 Å². The zero-order valence-electron chi connectivity index (χ0n) is 9.41. The second-order valence-corrected chi connectivity index (χ2v) is 3.85. The fourth-order valence-corrected chi connectivity index (χ4v) is 1.65. The van der Waals surface area contributed by atoms with Gasteiger partial charge in [0.25, 0.3) is 0 Å². The number of ether oxygens (including phenoxy) is 1. The smallest absolute Gasteiger partial charge is 0.234 e. The molecule has 1 saturated heterocycles. The SMILES string of the molecule is CNCC(=O)N[C@H]1C(O)OC(CO)C(O)[C@@H]1O. The van der Waals surface area contributed by atoms with Gasteiger partial charge in [-0.1, -0.05) is 0 Å². The predicted molar refractivity (Wildman–Crippen MR) is 55.8 cm³/mol. The Hall–Kier alpha value is -0.770. The minimum atomic E-state index is -1.48. The van der Waals surface area contributed by atoms with Gasteiger partial charge in [0, 0.05) is 0 Å². The van der Waals surface area contributed by atoms with E-state index in [4.69, 9.17) is 9.84 Å². The highest BCUT2D eigenvalue weighted by atomic mass is 16.6. The number of carbonyl (C=O) groups is 1. The molecule has 0 aliphatic carbocycles. The van der Waals surface area contributed by atoms with Crippen molar-refractivity contribution in [2.75, 3.05) is 20.2 Å². The lowest BCUT2D eigenvalue weighted by Crippen LogP contribution is -2.64. The first-order valence-electron chi connectivity index (χ1n) is 5.25. The topological polar surface area (TPSA) is 131 Å². The third-order valence-electron chi connectivity index (χ3n) is 2.57. The Morgan fingerprint density at radius 2 is 1.94 bits per heavy atom. The summed E-state index contributed by atoms with van der Waals surface area (Å²) in [5.41, 5.74) is 0. The van der Waals surface area contributed by atoms with Crippen LogP contribution in [-0.2, 0) is 9.53 Å². The van der Waals surface area contributed by atoms with Crippen molar-refractivity contribution in [3.05, 3.63) is 0 Å². The van der Waals surface area contributed by atoms with E-state index in [0.29, 0.717) is 0 Å². The number of hydrogen-bond acceptors (Lipinski definition) is 7. The normalized spacial score (nSPS) is 37.8. The monoisotopic (exact) mass is 250 g/mol. The molecule has 8 nitrogen and oxygen atoms in total. The lowest BCUT2D eigenvalue weighted by molar-refractivity contribution is -0.253. The van der Waals surface area contributed by atoms with Crippen LogP contribution in [0.1, 0.15) is 0 Å². The molecule has 5 atom stereocenters. The lowest BCUT2D eigenvalue weighted by Gasteiger charge is -2.40. The molecule has 0 spiro atoms. The molecule has 3 unspecified atom stereocenters. The molecule has 0 aromatic rings. The van der Waals surface area contributed by atoms with Crippen LogP contribution in [0.5, 0.6) is 0 Å². The maximum Gasteiger partial charge on any atom is 0.234 e. The molecule has 1 amide bonds. The van der Waals surface area contributed by atoms with E-state index in [0.717, 1.165) is 0 Å². The Balaban J connectivity index is 2.63. The van der Waals surface area contributed by atoms with Crippen LogP contribution in [0.4, 0.5) is 0 Å². The van der Waals surface area contributed by atoms with Crippen LogP contribution in [0.2, 0.25) is 0 Å². The van der Waals surface area contributed by atoms with Gasteiger partial charge in [-0.15, -0.1) is 0 Å². The summed E-state index contributed by atoms with van der Waals surface area (Å²) in [7, 11) is 1.57. The van der Waals surface area contributed by atoms with Crippen molar-refractivity contribution < 1.29 is 30.0 Å². The van der Waals surface area contributed by atoms with Gasteiger partial charge in [0.05, 0.1) is 13.2 Å². The Kier molecular flexibility index (Phi) is 5.25.